The Morgan fingerprint density at radius 2 is 2.29 bits per heavy atom. The molecule has 0 radical (unpaired) electrons. The number of hydrogen-bond acceptors (Lipinski definition) is 3. The van der Waals surface area contributed by atoms with Crippen LogP contribution in [0.2, 0.25) is 0 Å². The summed E-state index contributed by atoms with van der Waals surface area (Å²) in [6, 6.07) is 4.49. The molecule has 14 heavy (non-hydrogen) atoms. The van der Waals surface area contributed by atoms with Crippen LogP contribution in [0.3, 0.4) is 0 Å². The van der Waals surface area contributed by atoms with Gasteiger partial charge in [-0.3, -0.25) is 4.98 Å². The fraction of sp³-hybridized carbons (Fsp3) is 0.545. The van der Waals surface area contributed by atoms with Gasteiger partial charge in [0, 0.05) is 25.3 Å². The second kappa shape index (κ2) is 4.42. The fourth-order valence-electron chi connectivity index (χ4n) is 1.92. The van der Waals surface area contributed by atoms with Gasteiger partial charge < -0.3 is 10.6 Å². The van der Waals surface area contributed by atoms with E-state index in [4.69, 9.17) is 5.73 Å². The summed E-state index contributed by atoms with van der Waals surface area (Å²) in [5, 5.41) is 0. The molecule has 0 aromatic carbocycles. The Labute approximate surface area is 84.9 Å². The van der Waals surface area contributed by atoms with Crippen LogP contribution >= 0.6 is 0 Å². The van der Waals surface area contributed by atoms with E-state index in [-0.39, 0.29) is 0 Å². The Kier molecular flexibility index (Phi) is 2.99. The van der Waals surface area contributed by atoms with Crippen LogP contribution in [0.25, 0.3) is 0 Å². The maximum atomic E-state index is 5.93. The molecule has 3 nitrogen and oxygen atoms in total. The van der Waals surface area contributed by atoms with Crippen LogP contribution in [0.15, 0.2) is 24.5 Å². The Morgan fingerprint density at radius 1 is 1.36 bits per heavy atom. The maximum Gasteiger partial charge on any atom is 0.0552 e. The third kappa shape index (κ3) is 2.23. The van der Waals surface area contributed by atoms with E-state index in [0.717, 1.165) is 25.9 Å². The average molecular weight is 191 g/mol. The third-order valence-electron chi connectivity index (χ3n) is 2.78. The number of rotatable bonds is 1. The summed E-state index contributed by atoms with van der Waals surface area (Å²) in [7, 11) is 0. The first-order valence-corrected chi connectivity index (χ1v) is 5.27. The molecule has 1 aliphatic heterocycles. The van der Waals surface area contributed by atoms with Gasteiger partial charge in [-0.1, -0.05) is 0 Å². The predicted molar refractivity (Wildman–Crippen MR) is 58.3 cm³/mol. The SMILES string of the molecule is NC1CCCN(c2cccnc2)CC1. The quantitative estimate of drug-likeness (QED) is 0.729. The van der Waals surface area contributed by atoms with Gasteiger partial charge in [0.25, 0.3) is 0 Å². The molecule has 1 fully saturated rings. The molecule has 76 valence electrons. The molecule has 0 bridgehead atoms. The van der Waals surface area contributed by atoms with Crippen LogP contribution in [0.1, 0.15) is 19.3 Å². The topological polar surface area (TPSA) is 42.1 Å². The number of nitrogens with zero attached hydrogens (tertiary/aromatic N) is 2. The minimum absolute atomic E-state index is 0.386. The number of hydrogen-bond donors (Lipinski definition) is 1. The van der Waals surface area contributed by atoms with Crippen LogP contribution in [-0.2, 0) is 0 Å². The van der Waals surface area contributed by atoms with Crippen molar-refractivity contribution in [2.75, 3.05) is 18.0 Å². The summed E-state index contributed by atoms with van der Waals surface area (Å²) < 4.78 is 0. The van der Waals surface area contributed by atoms with Crippen molar-refractivity contribution in [1.29, 1.82) is 0 Å². The zero-order valence-electron chi connectivity index (χ0n) is 8.39. The lowest BCUT2D eigenvalue weighted by atomic mass is 10.1. The van der Waals surface area contributed by atoms with E-state index in [1.165, 1.54) is 12.1 Å². The van der Waals surface area contributed by atoms with Crippen LogP contribution < -0.4 is 10.6 Å². The summed E-state index contributed by atoms with van der Waals surface area (Å²) in [5.74, 6) is 0. The summed E-state index contributed by atoms with van der Waals surface area (Å²) in [5.41, 5.74) is 7.16. The zero-order valence-corrected chi connectivity index (χ0v) is 8.39. The molecule has 2 heterocycles. The molecule has 1 aromatic heterocycles. The zero-order chi connectivity index (χ0) is 9.80. The molecule has 3 heteroatoms. The monoisotopic (exact) mass is 191 g/mol. The number of anilines is 1. The van der Waals surface area contributed by atoms with Gasteiger partial charge in [-0.15, -0.1) is 0 Å². The van der Waals surface area contributed by atoms with Gasteiger partial charge in [-0.25, -0.2) is 0 Å². The van der Waals surface area contributed by atoms with Gasteiger partial charge in [0.05, 0.1) is 11.9 Å². The molecular formula is C11H17N3. The van der Waals surface area contributed by atoms with Crippen LogP contribution in [0, 0.1) is 0 Å². The molecule has 0 spiro atoms. The van der Waals surface area contributed by atoms with E-state index in [1.54, 1.807) is 0 Å². The van der Waals surface area contributed by atoms with Crippen LogP contribution in [-0.4, -0.2) is 24.1 Å². The van der Waals surface area contributed by atoms with Crippen molar-refractivity contribution in [3.63, 3.8) is 0 Å². The van der Waals surface area contributed by atoms with E-state index in [0.29, 0.717) is 6.04 Å². The van der Waals surface area contributed by atoms with Crippen molar-refractivity contribution in [2.45, 2.75) is 25.3 Å². The molecule has 1 atom stereocenters. The first-order valence-electron chi connectivity index (χ1n) is 5.27. The number of aromatic nitrogens is 1. The smallest absolute Gasteiger partial charge is 0.0552 e. The third-order valence-corrected chi connectivity index (χ3v) is 2.78. The predicted octanol–water partition coefficient (Wildman–Crippen LogP) is 1.40. The molecule has 0 amide bonds. The Balaban J connectivity index is 2.04. The highest BCUT2D eigenvalue weighted by Crippen LogP contribution is 2.17. The van der Waals surface area contributed by atoms with E-state index >= 15 is 0 Å². The Morgan fingerprint density at radius 3 is 3.07 bits per heavy atom. The molecule has 0 aliphatic carbocycles. The molecule has 1 saturated heterocycles. The van der Waals surface area contributed by atoms with Crippen LogP contribution in [0.4, 0.5) is 5.69 Å². The Bertz CT molecular complexity index is 273. The molecule has 2 rings (SSSR count). The van der Waals surface area contributed by atoms with E-state index < -0.39 is 0 Å². The molecular weight excluding hydrogens is 174 g/mol. The standard InChI is InChI=1S/C11H17N3/c12-10-3-2-7-14(8-5-10)11-4-1-6-13-9-11/h1,4,6,9-10H,2-3,5,7-8,12H2. The Hall–Kier alpha value is -1.09. The van der Waals surface area contributed by atoms with E-state index in [9.17, 15) is 0 Å². The first-order chi connectivity index (χ1) is 6.86. The summed E-state index contributed by atoms with van der Waals surface area (Å²) in [6.45, 7) is 2.17. The lowest BCUT2D eigenvalue weighted by Crippen LogP contribution is -2.26. The van der Waals surface area contributed by atoms with Crippen molar-refractivity contribution >= 4 is 5.69 Å². The molecule has 2 N–H and O–H groups in total. The van der Waals surface area contributed by atoms with Gasteiger partial charge in [0.15, 0.2) is 0 Å². The highest BCUT2D eigenvalue weighted by Gasteiger charge is 2.13. The largest absolute Gasteiger partial charge is 0.370 e. The molecule has 1 aliphatic rings. The molecule has 1 unspecified atom stereocenters. The van der Waals surface area contributed by atoms with Crippen molar-refractivity contribution < 1.29 is 0 Å². The minimum Gasteiger partial charge on any atom is -0.370 e. The maximum absolute atomic E-state index is 5.93. The van der Waals surface area contributed by atoms with E-state index in [2.05, 4.69) is 16.0 Å². The fourth-order valence-corrected chi connectivity index (χ4v) is 1.92. The van der Waals surface area contributed by atoms with Crippen LogP contribution in [0.5, 0.6) is 0 Å². The highest BCUT2D eigenvalue weighted by atomic mass is 15.1. The van der Waals surface area contributed by atoms with Gasteiger partial charge in [-0.05, 0) is 31.4 Å². The van der Waals surface area contributed by atoms with Gasteiger partial charge in [0.1, 0.15) is 0 Å². The number of pyridine rings is 1. The van der Waals surface area contributed by atoms with Gasteiger partial charge in [-0.2, -0.15) is 0 Å². The lowest BCUT2D eigenvalue weighted by Gasteiger charge is -2.21. The average Bonchev–Trinajstić information content (AvgIpc) is 2.44. The summed E-state index contributed by atoms with van der Waals surface area (Å²) >= 11 is 0. The normalized spacial score (nSPS) is 23.2. The van der Waals surface area contributed by atoms with E-state index in [1.807, 2.05) is 18.5 Å². The van der Waals surface area contributed by atoms with Crippen molar-refractivity contribution in [3.05, 3.63) is 24.5 Å². The van der Waals surface area contributed by atoms with Crippen molar-refractivity contribution in [1.82, 2.24) is 4.98 Å². The second-order valence-corrected chi connectivity index (χ2v) is 3.89. The van der Waals surface area contributed by atoms with Gasteiger partial charge in [0.2, 0.25) is 0 Å². The van der Waals surface area contributed by atoms with Gasteiger partial charge >= 0.3 is 0 Å². The summed E-state index contributed by atoms with van der Waals surface area (Å²) in [4.78, 5) is 6.51. The minimum atomic E-state index is 0.386. The molecule has 0 saturated carbocycles. The summed E-state index contributed by atoms with van der Waals surface area (Å²) in [6.07, 6.45) is 7.17. The van der Waals surface area contributed by atoms with Crippen molar-refractivity contribution in [2.24, 2.45) is 5.73 Å². The second-order valence-electron chi connectivity index (χ2n) is 3.89. The van der Waals surface area contributed by atoms with Crippen molar-refractivity contribution in [3.8, 4) is 0 Å². The molecule has 1 aromatic rings. The number of nitrogens with two attached hydrogens (primary N) is 1. The lowest BCUT2D eigenvalue weighted by molar-refractivity contribution is 0.601. The first kappa shape index (κ1) is 9.46. The highest BCUT2D eigenvalue weighted by molar-refractivity contribution is 5.43.